The topological polar surface area (TPSA) is 102 Å². The molecule has 0 spiro atoms. The first-order valence-corrected chi connectivity index (χ1v) is 20.6. The van der Waals surface area contributed by atoms with Gasteiger partial charge in [0.05, 0.1) is 44.8 Å². The SMILES string of the molecule is CCCCS(=O)(=O)[OH+]S(c1cccc(OC2CCCCO2)c1)(c1cccc(OC2CCCCO2)c1)c1cccc(OC2CCCCO2)c1. The van der Waals surface area contributed by atoms with Crippen molar-refractivity contribution in [1.29, 1.82) is 0 Å². The minimum absolute atomic E-state index is 0.0530. The van der Waals surface area contributed by atoms with Crippen LogP contribution in [0.3, 0.4) is 0 Å². The van der Waals surface area contributed by atoms with Gasteiger partial charge in [0.15, 0.2) is 18.9 Å². The van der Waals surface area contributed by atoms with E-state index in [1.54, 1.807) is 0 Å². The van der Waals surface area contributed by atoms with Crippen molar-refractivity contribution in [3.63, 3.8) is 0 Å². The van der Waals surface area contributed by atoms with Gasteiger partial charge in [0.2, 0.25) is 0 Å². The van der Waals surface area contributed by atoms with Crippen molar-refractivity contribution in [3.05, 3.63) is 72.8 Å². The zero-order valence-electron chi connectivity index (χ0n) is 27.8. The molecule has 3 unspecified atom stereocenters. The Balaban J connectivity index is 1.48. The molecule has 48 heavy (non-hydrogen) atoms. The van der Waals surface area contributed by atoms with Crippen LogP contribution < -0.4 is 14.2 Å². The van der Waals surface area contributed by atoms with E-state index < -0.39 is 20.4 Å². The van der Waals surface area contributed by atoms with Crippen molar-refractivity contribution >= 4 is 20.4 Å². The maximum absolute atomic E-state index is 14.0. The number of benzene rings is 3. The molecule has 0 radical (unpaired) electrons. The molecule has 1 N–H and O–H groups in total. The minimum Gasteiger partial charge on any atom is -0.465 e. The van der Waals surface area contributed by atoms with E-state index in [1.807, 2.05) is 79.7 Å². The van der Waals surface area contributed by atoms with Gasteiger partial charge in [-0.3, -0.25) is 3.63 Å². The predicted octanol–water partition coefficient (Wildman–Crippen LogP) is 8.82. The van der Waals surface area contributed by atoms with Crippen LogP contribution >= 0.6 is 10.3 Å². The monoisotopic (exact) mass is 701 g/mol. The highest BCUT2D eigenvalue weighted by Gasteiger charge is 2.44. The second-order valence-corrected chi connectivity index (χ2v) is 17.2. The molecule has 3 saturated heterocycles. The average Bonchev–Trinajstić information content (AvgIpc) is 3.11. The number of ether oxygens (including phenoxy) is 6. The van der Waals surface area contributed by atoms with Crippen molar-refractivity contribution in [2.75, 3.05) is 25.6 Å². The number of unbranched alkanes of at least 4 members (excludes halogenated alkanes) is 1. The van der Waals surface area contributed by atoms with Gasteiger partial charge in [-0.2, -0.15) is 8.42 Å². The zero-order valence-corrected chi connectivity index (χ0v) is 29.4. The molecule has 9 nitrogen and oxygen atoms in total. The van der Waals surface area contributed by atoms with Crippen molar-refractivity contribution < 1.29 is 40.5 Å². The molecule has 3 aliphatic heterocycles. The molecule has 0 amide bonds. The molecule has 0 bridgehead atoms. The first kappa shape index (κ1) is 35.0. The van der Waals surface area contributed by atoms with Gasteiger partial charge in [0, 0.05) is 19.3 Å². The van der Waals surface area contributed by atoms with E-state index in [2.05, 4.69) is 0 Å². The Morgan fingerprint density at radius 1 is 0.625 bits per heavy atom. The van der Waals surface area contributed by atoms with E-state index in [4.69, 9.17) is 32.1 Å². The lowest BCUT2D eigenvalue weighted by Crippen LogP contribution is -2.26. The van der Waals surface area contributed by atoms with E-state index in [0.717, 1.165) is 64.2 Å². The molecular weight excluding hydrogens is 653 g/mol. The largest absolute Gasteiger partial charge is 0.465 e. The molecule has 6 rings (SSSR count). The molecular formula is C37H49O9S2+. The third-order valence-electron chi connectivity index (χ3n) is 8.64. The molecule has 3 atom stereocenters. The smallest absolute Gasteiger partial charge is 0.390 e. The number of hydrogen-bond acceptors (Lipinski definition) is 8. The Labute approximate surface area is 286 Å². The van der Waals surface area contributed by atoms with Gasteiger partial charge in [-0.1, -0.05) is 31.5 Å². The van der Waals surface area contributed by atoms with Crippen LogP contribution in [0.25, 0.3) is 0 Å². The summed E-state index contributed by atoms with van der Waals surface area (Å²) in [6, 6.07) is 22.9. The van der Waals surface area contributed by atoms with Crippen LogP contribution in [-0.4, -0.2) is 56.5 Å². The van der Waals surface area contributed by atoms with E-state index in [9.17, 15) is 8.42 Å². The van der Waals surface area contributed by atoms with Crippen LogP contribution in [0.5, 0.6) is 17.2 Å². The molecule has 3 fully saturated rings. The zero-order chi connectivity index (χ0) is 33.2. The molecule has 3 aromatic rings. The van der Waals surface area contributed by atoms with Crippen molar-refractivity contribution in [2.24, 2.45) is 0 Å². The van der Waals surface area contributed by atoms with Gasteiger partial charge in [-0.15, -0.1) is 0 Å². The van der Waals surface area contributed by atoms with Crippen LogP contribution in [0.15, 0.2) is 87.5 Å². The summed E-state index contributed by atoms with van der Waals surface area (Å²) < 4.78 is 69.6. The van der Waals surface area contributed by atoms with Gasteiger partial charge in [-0.05, 0) is 99.5 Å². The Morgan fingerprint density at radius 2 is 1.02 bits per heavy atom. The summed E-state index contributed by atoms with van der Waals surface area (Å²) in [6.07, 6.45) is 8.66. The molecule has 11 heteroatoms. The van der Waals surface area contributed by atoms with Crippen molar-refractivity contribution in [1.82, 2.24) is 0 Å². The highest BCUT2D eigenvalue weighted by Crippen LogP contribution is 2.69. The highest BCUT2D eigenvalue weighted by molar-refractivity contribution is 8.32. The summed E-state index contributed by atoms with van der Waals surface area (Å²) in [5, 5.41) is 0. The third kappa shape index (κ3) is 9.05. The fraction of sp³-hybridized carbons (Fsp3) is 0.514. The molecule has 262 valence electrons. The van der Waals surface area contributed by atoms with Gasteiger partial charge >= 0.3 is 10.1 Å². The van der Waals surface area contributed by atoms with Crippen molar-refractivity contribution in [3.8, 4) is 17.2 Å². The Morgan fingerprint density at radius 3 is 1.35 bits per heavy atom. The molecule has 0 saturated carbocycles. The molecule has 3 aromatic carbocycles. The lowest BCUT2D eigenvalue weighted by molar-refractivity contribution is -0.106. The summed E-state index contributed by atoms with van der Waals surface area (Å²) in [4.78, 5) is 2.15. The molecule has 3 aliphatic rings. The van der Waals surface area contributed by atoms with Crippen molar-refractivity contribution in [2.45, 2.75) is 111 Å². The van der Waals surface area contributed by atoms with Gasteiger partial charge in [0.25, 0.3) is 0 Å². The second-order valence-electron chi connectivity index (χ2n) is 12.5. The van der Waals surface area contributed by atoms with Crippen LogP contribution in [0, 0.1) is 0 Å². The molecule has 3 heterocycles. The quantitative estimate of drug-likeness (QED) is 0.121. The van der Waals surface area contributed by atoms with E-state index in [-0.39, 0.29) is 24.6 Å². The predicted molar refractivity (Wildman–Crippen MR) is 186 cm³/mol. The fourth-order valence-electron chi connectivity index (χ4n) is 6.13. The first-order chi connectivity index (χ1) is 23.4. The van der Waals surface area contributed by atoms with Crippen LogP contribution in [-0.2, 0) is 24.3 Å². The lowest BCUT2D eigenvalue weighted by Gasteiger charge is -2.36. The second kappa shape index (κ2) is 16.7. The minimum atomic E-state index is -3.90. The number of hydrogen-bond donors (Lipinski definition) is 0. The van der Waals surface area contributed by atoms with E-state index in [1.165, 1.54) is 0 Å². The van der Waals surface area contributed by atoms with Gasteiger partial charge < -0.3 is 28.4 Å². The van der Waals surface area contributed by atoms with E-state index >= 15 is 0 Å². The Hall–Kier alpha value is -2.80. The molecule has 0 aliphatic carbocycles. The Kier molecular flexibility index (Phi) is 12.2. The first-order valence-electron chi connectivity index (χ1n) is 17.4. The summed E-state index contributed by atoms with van der Waals surface area (Å²) in [5.41, 5.74) is 0. The average molecular weight is 702 g/mol. The fourth-order valence-corrected chi connectivity index (χ4v) is 12.0. The van der Waals surface area contributed by atoms with E-state index in [0.29, 0.717) is 58.2 Å². The van der Waals surface area contributed by atoms with Crippen LogP contribution in [0.4, 0.5) is 0 Å². The summed E-state index contributed by atoms with van der Waals surface area (Å²) in [7, 11) is -6.74. The maximum atomic E-state index is 14.0. The summed E-state index contributed by atoms with van der Waals surface area (Å²) >= 11 is 0. The maximum Gasteiger partial charge on any atom is 0.390 e. The summed E-state index contributed by atoms with van der Waals surface area (Å²) in [5.74, 6) is 1.75. The standard InChI is InChI=1S/C37H48O9S2/c1-2-3-25-47(38,39)46-48(32-16-10-13-29(26-32)43-35-19-4-7-22-40-35,33-17-11-14-30(27-33)44-36-20-5-8-23-41-36)34-18-12-15-31(28-34)45-37-21-6-9-24-42-37/h10-18,26-28,35-37H,2-9,19-25H2,1H3/p+1. The van der Waals surface area contributed by atoms with Crippen LogP contribution in [0.2, 0.25) is 0 Å². The number of rotatable bonds is 14. The lowest BCUT2D eigenvalue weighted by atomic mass is 10.2. The van der Waals surface area contributed by atoms with Gasteiger partial charge in [0.1, 0.15) is 23.0 Å². The summed E-state index contributed by atoms with van der Waals surface area (Å²) in [6.45, 7) is 3.94. The molecule has 0 aromatic heterocycles. The normalized spacial score (nSPS) is 23.8. The van der Waals surface area contributed by atoms with Gasteiger partial charge in [-0.25, -0.2) is 0 Å². The Bertz CT molecular complexity index is 1410. The highest BCUT2D eigenvalue weighted by atomic mass is 32.3. The third-order valence-corrected chi connectivity index (χ3v) is 14.1. The van der Waals surface area contributed by atoms with Crippen LogP contribution in [0.1, 0.15) is 77.6 Å².